The van der Waals surface area contributed by atoms with Crippen molar-refractivity contribution in [3.8, 4) is 0 Å². The van der Waals surface area contributed by atoms with Gasteiger partial charge in [-0.3, -0.25) is 0 Å². The summed E-state index contributed by atoms with van der Waals surface area (Å²) in [4.78, 5) is 1.90. The fourth-order valence-corrected chi connectivity index (χ4v) is 0.762. The second-order valence-corrected chi connectivity index (χ2v) is 3.00. The molecule has 0 atom stereocenters. The molecule has 0 spiro atoms. The average Bonchev–Trinajstić information content (AvgIpc) is 1.21. The summed E-state index contributed by atoms with van der Waals surface area (Å²) in [5, 5.41) is 10.9. The predicted molar refractivity (Wildman–Crippen MR) is 32.6 cm³/mol. The molecular weight excluding hydrogens is 109 g/mol. The van der Waals surface area contributed by atoms with Gasteiger partial charge in [0, 0.05) is 0 Å². The van der Waals surface area contributed by atoms with Crippen LogP contribution in [0, 0.1) is 0 Å². The van der Waals surface area contributed by atoms with E-state index in [1.54, 1.807) is 13.8 Å². The second-order valence-electron chi connectivity index (χ2n) is 3.00. The van der Waals surface area contributed by atoms with E-state index in [0.717, 1.165) is 0 Å². The minimum Gasteiger partial charge on any atom is -0.849 e. The Morgan fingerprint density at radius 1 is 1.33 bits per heavy atom. The van der Waals surface area contributed by atoms with E-state index < -0.39 is 5.60 Å². The molecular formula is C6H14LiNO. The maximum Gasteiger partial charge on any atom is 1.00 e. The molecule has 0 aliphatic heterocycles. The summed E-state index contributed by atoms with van der Waals surface area (Å²) in [5.41, 5.74) is -0.802. The average molecular weight is 123 g/mol. The van der Waals surface area contributed by atoms with Gasteiger partial charge in [-0.2, -0.15) is 0 Å². The van der Waals surface area contributed by atoms with Gasteiger partial charge in [0.25, 0.3) is 0 Å². The number of hydrogen-bond donors (Lipinski definition) is 0. The van der Waals surface area contributed by atoms with Crippen LogP contribution in [-0.2, 0) is 0 Å². The molecule has 50 valence electrons. The molecule has 0 heterocycles. The Labute approximate surface area is 69.4 Å². The van der Waals surface area contributed by atoms with Gasteiger partial charge in [0.05, 0.1) is 0 Å². The quantitative estimate of drug-likeness (QED) is 0.359. The van der Waals surface area contributed by atoms with E-state index in [4.69, 9.17) is 0 Å². The van der Waals surface area contributed by atoms with Crippen LogP contribution in [0.3, 0.4) is 0 Å². The van der Waals surface area contributed by atoms with Gasteiger partial charge in [-0.25, -0.2) is 0 Å². The largest absolute Gasteiger partial charge is 1.00 e. The van der Waals surface area contributed by atoms with Crippen LogP contribution in [0.4, 0.5) is 0 Å². The third kappa shape index (κ3) is 11.9. The van der Waals surface area contributed by atoms with Crippen molar-refractivity contribution < 1.29 is 24.0 Å². The molecule has 0 aliphatic carbocycles. The van der Waals surface area contributed by atoms with E-state index in [-0.39, 0.29) is 18.9 Å². The zero-order chi connectivity index (χ0) is 6.78. The first-order valence-electron chi connectivity index (χ1n) is 2.77. The van der Waals surface area contributed by atoms with Crippen LogP contribution >= 0.6 is 0 Å². The SMILES string of the molecule is CN(C)CC(C)(C)[O-].[Li+]. The molecule has 0 fully saturated rings. The molecule has 0 rings (SSSR count). The van der Waals surface area contributed by atoms with Crippen molar-refractivity contribution >= 4 is 0 Å². The second kappa shape index (κ2) is 4.35. The number of likely N-dealkylation sites (N-methyl/N-ethyl adjacent to an activating group) is 1. The molecule has 0 amide bonds. The molecule has 0 unspecified atom stereocenters. The molecule has 0 aromatic carbocycles. The topological polar surface area (TPSA) is 26.3 Å². The smallest absolute Gasteiger partial charge is 0.849 e. The minimum atomic E-state index is -0.802. The third-order valence-corrected chi connectivity index (χ3v) is 0.697. The van der Waals surface area contributed by atoms with E-state index in [1.807, 2.05) is 19.0 Å². The maximum atomic E-state index is 10.9. The Kier molecular flexibility index (Phi) is 5.91. The van der Waals surface area contributed by atoms with Gasteiger partial charge in [0.15, 0.2) is 0 Å². The van der Waals surface area contributed by atoms with E-state index in [2.05, 4.69) is 0 Å². The zero-order valence-electron chi connectivity index (χ0n) is 7.06. The standard InChI is InChI=1S/C6H14NO.Li/c1-6(2,8)5-7(3)4;/h5H2,1-4H3;/q-1;+1. The van der Waals surface area contributed by atoms with Gasteiger partial charge >= 0.3 is 18.9 Å². The van der Waals surface area contributed by atoms with Crippen molar-refractivity contribution in [2.45, 2.75) is 19.4 Å². The van der Waals surface area contributed by atoms with Crippen molar-refractivity contribution in [1.29, 1.82) is 0 Å². The normalized spacial score (nSPS) is 11.3. The summed E-state index contributed by atoms with van der Waals surface area (Å²) in [6, 6.07) is 0. The van der Waals surface area contributed by atoms with Crippen LogP contribution in [0.5, 0.6) is 0 Å². The Bertz CT molecular complexity index is 67.9. The molecule has 0 N–H and O–H groups in total. The number of rotatable bonds is 2. The fourth-order valence-electron chi connectivity index (χ4n) is 0.762. The van der Waals surface area contributed by atoms with Gasteiger partial charge in [0.2, 0.25) is 0 Å². The summed E-state index contributed by atoms with van der Waals surface area (Å²) < 4.78 is 0. The Morgan fingerprint density at radius 3 is 1.67 bits per heavy atom. The summed E-state index contributed by atoms with van der Waals surface area (Å²) in [6.07, 6.45) is 0. The van der Waals surface area contributed by atoms with Crippen LogP contribution in [0.25, 0.3) is 0 Å². The van der Waals surface area contributed by atoms with E-state index >= 15 is 0 Å². The molecule has 0 saturated heterocycles. The Balaban J connectivity index is 0. The van der Waals surface area contributed by atoms with Crippen LogP contribution < -0.4 is 24.0 Å². The molecule has 0 bridgehead atoms. The van der Waals surface area contributed by atoms with Crippen LogP contribution in [0.15, 0.2) is 0 Å². The Morgan fingerprint density at radius 2 is 1.67 bits per heavy atom. The Hall–Kier alpha value is 0.517. The first-order valence-corrected chi connectivity index (χ1v) is 2.77. The van der Waals surface area contributed by atoms with E-state index in [0.29, 0.717) is 6.54 Å². The molecule has 0 saturated carbocycles. The molecule has 0 aliphatic rings. The van der Waals surface area contributed by atoms with Gasteiger partial charge < -0.3 is 10.0 Å². The van der Waals surface area contributed by atoms with Gasteiger partial charge in [-0.15, -0.1) is 5.60 Å². The van der Waals surface area contributed by atoms with Crippen molar-refractivity contribution in [2.24, 2.45) is 0 Å². The first-order chi connectivity index (χ1) is 3.42. The van der Waals surface area contributed by atoms with Crippen LogP contribution in [0.1, 0.15) is 13.8 Å². The van der Waals surface area contributed by atoms with E-state index in [1.165, 1.54) is 0 Å². The van der Waals surface area contributed by atoms with Crippen molar-refractivity contribution in [3.63, 3.8) is 0 Å². The summed E-state index contributed by atoms with van der Waals surface area (Å²) in [6.45, 7) is 3.98. The number of hydrogen-bond acceptors (Lipinski definition) is 2. The summed E-state index contributed by atoms with van der Waals surface area (Å²) in [7, 11) is 3.80. The van der Waals surface area contributed by atoms with Gasteiger partial charge in [-0.05, 0) is 20.6 Å². The monoisotopic (exact) mass is 123 g/mol. The summed E-state index contributed by atoms with van der Waals surface area (Å²) in [5.74, 6) is 0. The minimum absolute atomic E-state index is 0. The van der Waals surface area contributed by atoms with Crippen LogP contribution in [0.2, 0.25) is 0 Å². The van der Waals surface area contributed by atoms with Crippen molar-refractivity contribution in [1.82, 2.24) is 4.90 Å². The van der Waals surface area contributed by atoms with Gasteiger partial charge in [-0.1, -0.05) is 13.8 Å². The number of nitrogens with zero attached hydrogens (tertiary/aromatic N) is 1. The maximum absolute atomic E-state index is 10.9. The van der Waals surface area contributed by atoms with Crippen molar-refractivity contribution in [3.05, 3.63) is 0 Å². The molecule has 2 nitrogen and oxygen atoms in total. The summed E-state index contributed by atoms with van der Waals surface area (Å²) >= 11 is 0. The van der Waals surface area contributed by atoms with Crippen LogP contribution in [-0.4, -0.2) is 31.1 Å². The molecule has 0 radical (unpaired) electrons. The molecule has 9 heavy (non-hydrogen) atoms. The zero-order valence-corrected chi connectivity index (χ0v) is 7.06. The molecule has 0 aromatic heterocycles. The molecule has 0 aromatic rings. The first kappa shape index (κ1) is 12.2. The predicted octanol–water partition coefficient (Wildman–Crippen LogP) is -3.31. The fraction of sp³-hybridized carbons (Fsp3) is 1.00. The van der Waals surface area contributed by atoms with Crippen molar-refractivity contribution in [2.75, 3.05) is 20.6 Å². The van der Waals surface area contributed by atoms with Gasteiger partial charge in [0.1, 0.15) is 0 Å². The molecule has 3 heteroatoms. The third-order valence-electron chi connectivity index (χ3n) is 0.697. The van der Waals surface area contributed by atoms with E-state index in [9.17, 15) is 5.11 Å².